The molecule has 3 N–H and O–H groups in total. The fraction of sp³-hybridized carbons (Fsp3) is 0.167. The minimum Gasteiger partial charge on any atom is -0.464 e. The summed E-state index contributed by atoms with van der Waals surface area (Å²) < 4.78 is 6.96. The van der Waals surface area contributed by atoms with Gasteiger partial charge in [0.15, 0.2) is 0 Å². The Balaban J connectivity index is 1.85. The summed E-state index contributed by atoms with van der Waals surface area (Å²) in [5.41, 5.74) is 7.64. The molecule has 0 unspecified atom stereocenters. The number of pyridine rings is 1. The minimum absolute atomic E-state index is 0.580. The number of nitrogens with one attached hydrogen (secondary N) is 1. The quantitative estimate of drug-likeness (QED) is 0.732. The molecule has 3 aromatic heterocycles. The monoisotopic (exact) mass is 243 g/mol. The first kappa shape index (κ1) is 10.6. The number of nitrogens with zero attached hydrogens (tertiary/aromatic N) is 3. The third-order valence-corrected chi connectivity index (χ3v) is 2.89. The van der Waals surface area contributed by atoms with Crippen molar-refractivity contribution >= 4 is 22.6 Å². The van der Waals surface area contributed by atoms with Crippen molar-refractivity contribution in [3.8, 4) is 0 Å². The molecular weight excluding hydrogens is 230 g/mol. The highest BCUT2D eigenvalue weighted by molar-refractivity contribution is 5.87. The molecule has 6 heteroatoms. The van der Waals surface area contributed by atoms with Crippen molar-refractivity contribution in [2.24, 2.45) is 7.05 Å². The largest absolute Gasteiger partial charge is 0.464 e. The molecule has 0 aliphatic rings. The van der Waals surface area contributed by atoms with E-state index in [1.165, 1.54) is 0 Å². The molecule has 0 bridgehead atoms. The topological polar surface area (TPSA) is 81.9 Å². The summed E-state index contributed by atoms with van der Waals surface area (Å²) in [6.45, 7) is 0.580. The van der Waals surface area contributed by atoms with Gasteiger partial charge in [-0.05, 0) is 12.1 Å². The molecule has 3 rings (SSSR count). The molecule has 0 aliphatic heterocycles. The van der Waals surface area contributed by atoms with Crippen LogP contribution in [0.4, 0.5) is 11.6 Å². The molecule has 0 spiro atoms. The van der Waals surface area contributed by atoms with E-state index in [0.717, 1.165) is 22.4 Å². The molecule has 3 aromatic rings. The fourth-order valence-electron chi connectivity index (χ4n) is 1.84. The Morgan fingerprint density at radius 3 is 3.11 bits per heavy atom. The van der Waals surface area contributed by atoms with E-state index in [4.69, 9.17) is 10.2 Å². The van der Waals surface area contributed by atoms with Crippen LogP contribution >= 0.6 is 0 Å². The summed E-state index contributed by atoms with van der Waals surface area (Å²) in [5.74, 6) is 1.44. The Labute approximate surface area is 103 Å². The lowest BCUT2D eigenvalue weighted by Crippen LogP contribution is -2.05. The Bertz CT molecular complexity index is 685. The van der Waals surface area contributed by atoms with Gasteiger partial charge in [-0.1, -0.05) is 0 Å². The van der Waals surface area contributed by atoms with Crippen LogP contribution in [0.3, 0.4) is 0 Å². The van der Waals surface area contributed by atoms with E-state index in [9.17, 15) is 0 Å². The lowest BCUT2D eigenvalue weighted by molar-refractivity contribution is 0.615. The average molecular weight is 243 g/mol. The van der Waals surface area contributed by atoms with Crippen LogP contribution < -0.4 is 11.1 Å². The van der Waals surface area contributed by atoms with Crippen LogP contribution in [0.2, 0.25) is 0 Å². The van der Waals surface area contributed by atoms with Crippen LogP contribution in [0, 0.1) is 0 Å². The molecule has 0 saturated carbocycles. The lowest BCUT2D eigenvalue weighted by Gasteiger charge is -2.05. The lowest BCUT2D eigenvalue weighted by atomic mass is 10.3. The molecule has 6 nitrogen and oxygen atoms in total. The summed E-state index contributed by atoms with van der Waals surface area (Å²) in [6.07, 6.45) is 5.11. The predicted octanol–water partition coefficient (Wildman–Crippen LogP) is 1.76. The zero-order valence-corrected chi connectivity index (χ0v) is 9.92. The third kappa shape index (κ3) is 1.67. The molecule has 0 saturated heterocycles. The van der Waals surface area contributed by atoms with E-state index >= 15 is 0 Å². The van der Waals surface area contributed by atoms with Crippen LogP contribution in [-0.4, -0.2) is 14.8 Å². The number of aryl methyl sites for hydroxylation is 1. The highest BCUT2D eigenvalue weighted by Gasteiger charge is 2.07. The smallest absolute Gasteiger partial charge is 0.139 e. The van der Waals surface area contributed by atoms with Crippen molar-refractivity contribution in [1.82, 2.24) is 14.8 Å². The molecule has 0 aromatic carbocycles. The van der Waals surface area contributed by atoms with Crippen molar-refractivity contribution < 1.29 is 4.42 Å². The summed E-state index contributed by atoms with van der Waals surface area (Å²) >= 11 is 0. The average Bonchev–Trinajstić information content (AvgIpc) is 2.97. The van der Waals surface area contributed by atoms with Gasteiger partial charge < -0.3 is 15.5 Å². The van der Waals surface area contributed by atoms with Gasteiger partial charge in [-0.25, -0.2) is 4.98 Å². The Morgan fingerprint density at radius 2 is 2.33 bits per heavy atom. The van der Waals surface area contributed by atoms with E-state index in [2.05, 4.69) is 15.4 Å². The van der Waals surface area contributed by atoms with Crippen molar-refractivity contribution in [2.75, 3.05) is 11.1 Å². The Hall–Kier alpha value is -2.50. The van der Waals surface area contributed by atoms with Gasteiger partial charge in [-0.3, -0.25) is 4.68 Å². The number of nitrogens with two attached hydrogens (primary N) is 1. The molecular formula is C12H13N5O. The van der Waals surface area contributed by atoms with Gasteiger partial charge >= 0.3 is 0 Å². The maximum Gasteiger partial charge on any atom is 0.139 e. The zero-order chi connectivity index (χ0) is 12.5. The maximum absolute atomic E-state index is 5.88. The van der Waals surface area contributed by atoms with E-state index in [1.54, 1.807) is 23.3 Å². The second-order valence-electron chi connectivity index (χ2n) is 4.02. The highest BCUT2D eigenvalue weighted by atomic mass is 16.3. The number of anilines is 2. The number of aromatic nitrogens is 3. The Kier molecular flexibility index (Phi) is 2.40. The molecule has 0 atom stereocenters. The normalized spacial score (nSPS) is 10.9. The molecule has 18 heavy (non-hydrogen) atoms. The first-order chi connectivity index (χ1) is 8.75. The van der Waals surface area contributed by atoms with Crippen molar-refractivity contribution in [2.45, 2.75) is 6.54 Å². The zero-order valence-electron chi connectivity index (χ0n) is 9.92. The molecule has 92 valence electrons. The Morgan fingerprint density at radius 1 is 1.44 bits per heavy atom. The van der Waals surface area contributed by atoms with Crippen LogP contribution in [0.25, 0.3) is 11.0 Å². The van der Waals surface area contributed by atoms with Gasteiger partial charge in [0.05, 0.1) is 17.8 Å². The number of hydrogen-bond acceptors (Lipinski definition) is 5. The van der Waals surface area contributed by atoms with E-state index < -0.39 is 0 Å². The van der Waals surface area contributed by atoms with Crippen molar-refractivity contribution in [3.63, 3.8) is 0 Å². The molecule has 0 amide bonds. The summed E-state index contributed by atoms with van der Waals surface area (Å²) in [7, 11) is 1.81. The molecule has 0 aliphatic carbocycles. The summed E-state index contributed by atoms with van der Waals surface area (Å²) in [5, 5.41) is 8.29. The maximum atomic E-state index is 5.88. The van der Waals surface area contributed by atoms with Crippen molar-refractivity contribution in [1.29, 1.82) is 0 Å². The van der Waals surface area contributed by atoms with Gasteiger partial charge in [0.25, 0.3) is 0 Å². The standard InChI is InChI=1S/C12H13N5O/c1-17-11(13)8(7-16-17)6-15-12-9-3-5-18-10(9)2-4-14-12/h2-5,7H,6,13H2,1H3,(H,14,15). The van der Waals surface area contributed by atoms with Crippen LogP contribution in [0.15, 0.2) is 35.2 Å². The first-order valence-electron chi connectivity index (χ1n) is 5.58. The summed E-state index contributed by atoms with van der Waals surface area (Å²) in [6, 6.07) is 3.72. The molecule has 3 heterocycles. The van der Waals surface area contributed by atoms with Gasteiger partial charge in [0, 0.05) is 25.4 Å². The van der Waals surface area contributed by atoms with E-state index in [-0.39, 0.29) is 0 Å². The first-order valence-corrected chi connectivity index (χ1v) is 5.58. The number of furan rings is 1. The highest BCUT2D eigenvalue weighted by Crippen LogP contribution is 2.22. The number of nitrogen functional groups attached to an aromatic ring is 1. The van der Waals surface area contributed by atoms with Crippen LogP contribution in [-0.2, 0) is 13.6 Å². The SMILES string of the molecule is Cn1ncc(CNc2nccc3occc23)c1N. The number of hydrogen-bond donors (Lipinski definition) is 2. The van der Waals surface area contributed by atoms with Gasteiger partial charge in [-0.2, -0.15) is 5.10 Å². The van der Waals surface area contributed by atoms with E-state index in [1.807, 2.05) is 19.2 Å². The third-order valence-electron chi connectivity index (χ3n) is 2.89. The number of fused-ring (bicyclic) bond motifs is 1. The second kappa shape index (κ2) is 4.06. The fourth-order valence-corrected chi connectivity index (χ4v) is 1.84. The van der Waals surface area contributed by atoms with Crippen molar-refractivity contribution in [3.05, 3.63) is 36.4 Å². The predicted molar refractivity (Wildman–Crippen MR) is 69.0 cm³/mol. The van der Waals surface area contributed by atoms with E-state index in [0.29, 0.717) is 12.4 Å². The molecule has 0 radical (unpaired) electrons. The van der Waals surface area contributed by atoms with Gasteiger partial charge in [0.1, 0.15) is 17.2 Å². The minimum atomic E-state index is 0.580. The molecule has 0 fully saturated rings. The van der Waals surface area contributed by atoms with Crippen LogP contribution in [0.1, 0.15) is 5.56 Å². The second-order valence-corrected chi connectivity index (χ2v) is 4.02. The summed E-state index contributed by atoms with van der Waals surface area (Å²) in [4.78, 5) is 4.29. The number of rotatable bonds is 3. The van der Waals surface area contributed by atoms with Crippen LogP contribution in [0.5, 0.6) is 0 Å². The van der Waals surface area contributed by atoms with Gasteiger partial charge in [-0.15, -0.1) is 0 Å². The van der Waals surface area contributed by atoms with Gasteiger partial charge in [0.2, 0.25) is 0 Å².